The number of hydrogen-bond acceptors (Lipinski definition) is 6. The van der Waals surface area contributed by atoms with Gasteiger partial charge in [0.1, 0.15) is 0 Å². The van der Waals surface area contributed by atoms with Crippen LogP contribution in [0.15, 0.2) is 34.5 Å². The fourth-order valence-electron chi connectivity index (χ4n) is 2.98. The standard InChI is InChI=1S/C18H20N2O5S2/c1-11-2-7-14-15(10-26-16(14)8-11)18(22)25-9-17(21)20-12-3-5-13(6-4-12)27(19,23)24/h3-6,10-11H,2,7-9H2,1H3,(H,20,21)(H2,19,23,24)/t11-/m0/s1. The van der Waals surface area contributed by atoms with Gasteiger partial charge in [0, 0.05) is 15.9 Å². The van der Waals surface area contributed by atoms with Crippen LogP contribution in [0, 0.1) is 5.92 Å². The van der Waals surface area contributed by atoms with Gasteiger partial charge in [-0.1, -0.05) is 6.92 Å². The first-order valence-electron chi connectivity index (χ1n) is 8.43. The van der Waals surface area contributed by atoms with Crippen LogP contribution in [-0.4, -0.2) is 26.9 Å². The summed E-state index contributed by atoms with van der Waals surface area (Å²) in [6.07, 6.45) is 2.87. The van der Waals surface area contributed by atoms with E-state index >= 15 is 0 Å². The van der Waals surface area contributed by atoms with Gasteiger partial charge in [-0.2, -0.15) is 0 Å². The van der Waals surface area contributed by atoms with Crippen molar-refractivity contribution in [2.24, 2.45) is 11.1 Å². The van der Waals surface area contributed by atoms with Crippen LogP contribution < -0.4 is 10.5 Å². The average Bonchev–Trinajstić information content (AvgIpc) is 3.02. The normalized spacial score (nSPS) is 16.4. The third-order valence-electron chi connectivity index (χ3n) is 4.42. The number of fused-ring (bicyclic) bond motifs is 1. The summed E-state index contributed by atoms with van der Waals surface area (Å²) < 4.78 is 27.6. The lowest BCUT2D eigenvalue weighted by Crippen LogP contribution is -2.21. The number of nitrogens with two attached hydrogens (primary N) is 1. The number of rotatable bonds is 5. The second-order valence-electron chi connectivity index (χ2n) is 6.59. The second kappa shape index (κ2) is 7.79. The van der Waals surface area contributed by atoms with E-state index in [2.05, 4.69) is 12.2 Å². The van der Waals surface area contributed by atoms with Crippen molar-refractivity contribution in [2.45, 2.75) is 31.1 Å². The lowest BCUT2D eigenvalue weighted by molar-refractivity contribution is -0.119. The molecule has 0 radical (unpaired) electrons. The quantitative estimate of drug-likeness (QED) is 0.737. The van der Waals surface area contributed by atoms with E-state index in [-0.39, 0.29) is 4.90 Å². The zero-order valence-electron chi connectivity index (χ0n) is 14.7. The predicted molar refractivity (Wildman–Crippen MR) is 102 cm³/mol. The van der Waals surface area contributed by atoms with Gasteiger partial charge in [0.25, 0.3) is 5.91 Å². The number of thiophene rings is 1. The van der Waals surface area contributed by atoms with Crippen molar-refractivity contribution in [2.75, 3.05) is 11.9 Å². The summed E-state index contributed by atoms with van der Waals surface area (Å²) in [7, 11) is -3.79. The molecule has 0 fully saturated rings. The van der Waals surface area contributed by atoms with Gasteiger partial charge in [-0.3, -0.25) is 4.79 Å². The van der Waals surface area contributed by atoms with E-state index in [0.717, 1.165) is 24.8 Å². The number of ether oxygens (including phenoxy) is 1. The second-order valence-corrected chi connectivity index (χ2v) is 9.12. The molecule has 0 aliphatic heterocycles. The molecule has 144 valence electrons. The molecule has 0 bridgehead atoms. The number of carbonyl (C=O) groups is 2. The fourth-order valence-corrected chi connectivity index (χ4v) is 4.73. The number of carbonyl (C=O) groups excluding carboxylic acids is 2. The Bertz CT molecular complexity index is 964. The fraction of sp³-hybridized carbons (Fsp3) is 0.333. The molecule has 0 spiro atoms. The van der Waals surface area contributed by atoms with E-state index in [1.807, 2.05) is 0 Å². The number of sulfonamides is 1. The molecule has 1 aromatic carbocycles. The molecule has 1 aromatic heterocycles. The van der Waals surface area contributed by atoms with Crippen LogP contribution in [-0.2, 0) is 32.4 Å². The van der Waals surface area contributed by atoms with Gasteiger partial charge in [0.05, 0.1) is 10.5 Å². The molecule has 7 nitrogen and oxygen atoms in total. The molecule has 1 atom stereocenters. The first kappa shape index (κ1) is 19.5. The summed E-state index contributed by atoms with van der Waals surface area (Å²) in [5.41, 5.74) is 1.97. The number of primary sulfonamides is 1. The Morgan fingerprint density at radius 2 is 2.00 bits per heavy atom. The van der Waals surface area contributed by atoms with Gasteiger partial charge in [-0.05, 0) is 55.0 Å². The molecule has 1 amide bonds. The minimum Gasteiger partial charge on any atom is -0.452 e. The Balaban J connectivity index is 1.56. The van der Waals surface area contributed by atoms with Crippen molar-refractivity contribution < 1.29 is 22.7 Å². The van der Waals surface area contributed by atoms with E-state index in [1.165, 1.54) is 29.1 Å². The summed E-state index contributed by atoms with van der Waals surface area (Å²) in [5.74, 6) is -0.391. The van der Waals surface area contributed by atoms with Crippen LogP contribution in [0.3, 0.4) is 0 Å². The Kier molecular flexibility index (Phi) is 5.64. The largest absolute Gasteiger partial charge is 0.452 e. The average molecular weight is 409 g/mol. The molecule has 1 aliphatic carbocycles. The van der Waals surface area contributed by atoms with Crippen LogP contribution in [0.2, 0.25) is 0 Å². The Morgan fingerprint density at radius 1 is 1.30 bits per heavy atom. The molecule has 9 heteroatoms. The van der Waals surface area contributed by atoms with Gasteiger partial charge >= 0.3 is 5.97 Å². The number of hydrogen-bond donors (Lipinski definition) is 2. The zero-order chi connectivity index (χ0) is 19.6. The van der Waals surface area contributed by atoms with E-state index in [9.17, 15) is 18.0 Å². The minimum absolute atomic E-state index is 0.0523. The van der Waals surface area contributed by atoms with Gasteiger partial charge < -0.3 is 10.1 Å². The van der Waals surface area contributed by atoms with Gasteiger partial charge in [-0.15, -0.1) is 11.3 Å². The summed E-state index contributed by atoms with van der Waals surface area (Å²) in [5, 5.41) is 9.36. The highest BCUT2D eigenvalue weighted by Crippen LogP contribution is 2.33. The maximum atomic E-state index is 12.3. The smallest absolute Gasteiger partial charge is 0.339 e. The Morgan fingerprint density at radius 3 is 2.67 bits per heavy atom. The highest BCUT2D eigenvalue weighted by molar-refractivity contribution is 7.89. The van der Waals surface area contributed by atoms with Crippen LogP contribution in [0.1, 0.15) is 34.1 Å². The SMILES string of the molecule is C[C@H]1CCc2c(C(=O)OCC(=O)Nc3ccc(S(N)(=O)=O)cc3)csc2C1. The van der Waals surface area contributed by atoms with Gasteiger partial charge in [0.15, 0.2) is 6.61 Å². The van der Waals surface area contributed by atoms with Gasteiger partial charge in [-0.25, -0.2) is 18.4 Å². The summed E-state index contributed by atoms with van der Waals surface area (Å²) >= 11 is 1.56. The highest BCUT2D eigenvalue weighted by atomic mass is 32.2. The van der Waals surface area contributed by atoms with Crippen molar-refractivity contribution in [1.29, 1.82) is 0 Å². The molecule has 3 rings (SSSR count). The highest BCUT2D eigenvalue weighted by Gasteiger charge is 2.24. The zero-order valence-corrected chi connectivity index (χ0v) is 16.4. The number of amides is 1. The first-order chi connectivity index (χ1) is 12.7. The van der Waals surface area contributed by atoms with Crippen molar-refractivity contribution >= 4 is 38.9 Å². The topological polar surface area (TPSA) is 116 Å². The molecular formula is C18H20N2O5S2. The monoisotopic (exact) mass is 408 g/mol. The van der Waals surface area contributed by atoms with Crippen LogP contribution in [0.25, 0.3) is 0 Å². The van der Waals surface area contributed by atoms with Crippen molar-refractivity contribution in [3.8, 4) is 0 Å². The van der Waals surface area contributed by atoms with Gasteiger partial charge in [0.2, 0.25) is 10.0 Å². The van der Waals surface area contributed by atoms with E-state index in [1.54, 1.807) is 16.7 Å². The Hall–Kier alpha value is -2.23. The molecule has 3 N–H and O–H groups in total. The molecule has 0 unspecified atom stereocenters. The van der Waals surface area contributed by atoms with Crippen LogP contribution >= 0.6 is 11.3 Å². The third kappa shape index (κ3) is 4.74. The minimum atomic E-state index is -3.79. The van der Waals surface area contributed by atoms with Crippen molar-refractivity contribution in [3.63, 3.8) is 0 Å². The lowest BCUT2D eigenvalue weighted by Gasteiger charge is -2.18. The maximum Gasteiger partial charge on any atom is 0.339 e. The molecule has 0 saturated carbocycles. The van der Waals surface area contributed by atoms with E-state index < -0.39 is 28.5 Å². The molecule has 1 heterocycles. The number of esters is 1. The number of benzene rings is 1. The third-order valence-corrected chi connectivity index (χ3v) is 6.40. The number of nitrogens with one attached hydrogen (secondary N) is 1. The summed E-state index contributed by atoms with van der Waals surface area (Å²) in [4.78, 5) is 25.4. The van der Waals surface area contributed by atoms with Crippen molar-refractivity contribution in [3.05, 3.63) is 45.6 Å². The summed E-state index contributed by atoms with van der Waals surface area (Å²) in [6.45, 7) is 1.78. The molecule has 27 heavy (non-hydrogen) atoms. The molecular weight excluding hydrogens is 388 g/mol. The molecule has 0 saturated heterocycles. The van der Waals surface area contributed by atoms with Crippen molar-refractivity contribution in [1.82, 2.24) is 0 Å². The molecule has 1 aliphatic rings. The number of anilines is 1. The lowest BCUT2D eigenvalue weighted by atomic mass is 9.88. The van der Waals surface area contributed by atoms with E-state index in [0.29, 0.717) is 17.2 Å². The maximum absolute atomic E-state index is 12.3. The van der Waals surface area contributed by atoms with Crippen LogP contribution in [0.4, 0.5) is 5.69 Å². The predicted octanol–water partition coefficient (Wildman–Crippen LogP) is 2.32. The first-order valence-corrected chi connectivity index (χ1v) is 10.9. The Labute approximate surface area is 161 Å². The van der Waals surface area contributed by atoms with E-state index in [4.69, 9.17) is 9.88 Å². The summed E-state index contributed by atoms with van der Waals surface area (Å²) in [6, 6.07) is 5.40. The molecule has 2 aromatic rings. The van der Waals surface area contributed by atoms with Crippen LogP contribution in [0.5, 0.6) is 0 Å².